The van der Waals surface area contributed by atoms with Crippen molar-refractivity contribution in [3.05, 3.63) is 47.5 Å². The molecule has 0 bridgehead atoms. The van der Waals surface area contributed by atoms with E-state index in [1.54, 1.807) is 31.4 Å². The zero-order valence-electron chi connectivity index (χ0n) is 14.1. The van der Waals surface area contributed by atoms with Crippen molar-refractivity contribution in [1.29, 1.82) is 0 Å². The number of carbonyl (C=O) groups excluding carboxylic acids is 1. The number of benzene rings is 2. The molecule has 2 aromatic carbocycles. The highest BCUT2D eigenvalue weighted by Gasteiger charge is 2.13. The molecule has 0 unspecified atom stereocenters. The largest absolute Gasteiger partial charge is 0.496 e. The van der Waals surface area contributed by atoms with Gasteiger partial charge in [-0.25, -0.2) is 0 Å². The van der Waals surface area contributed by atoms with Gasteiger partial charge in [0.15, 0.2) is 0 Å². The third-order valence-electron chi connectivity index (χ3n) is 3.52. The maximum atomic E-state index is 12.2. The first-order valence-corrected chi connectivity index (χ1v) is 8.03. The molecule has 8 nitrogen and oxygen atoms in total. The van der Waals surface area contributed by atoms with Gasteiger partial charge in [-0.05, 0) is 35.5 Å². The quantitative estimate of drug-likeness (QED) is 0.714. The molecule has 1 amide bonds. The van der Waals surface area contributed by atoms with Crippen LogP contribution in [0.3, 0.4) is 0 Å². The number of hydrogen-bond donors (Lipinski definition) is 1. The highest BCUT2D eigenvalue weighted by molar-refractivity contribution is 6.32. The van der Waals surface area contributed by atoms with Gasteiger partial charge in [-0.15, -0.1) is 10.2 Å². The van der Waals surface area contributed by atoms with Crippen molar-refractivity contribution >= 4 is 23.2 Å². The monoisotopic (exact) mass is 373 g/mol. The van der Waals surface area contributed by atoms with Crippen LogP contribution in [0.2, 0.25) is 5.02 Å². The first-order valence-electron chi connectivity index (χ1n) is 7.65. The summed E-state index contributed by atoms with van der Waals surface area (Å²) in [6.45, 7) is -0.0915. The number of nitrogens with zero attached hydrogens (tertiary/aromatic N) is 4. The van der Waals surface area contributed by atoms with E-state index in [4.69, 9.17) is 21.1 Å². The summed E-state index contributed by atoms with van der Waals surface area (Å²) < 4.78 is 10.4. The molecule has 0 atom stereocenters. The van der Waals surface area contributed by atoms with Gasteiger partial charge in [-0.3, -0.25) is 4.79 Å². The molecule has 0 saturated carbocycles. The summed E-state index contributed by atoms with van der Waals surface area (Å²) in [5.41, 5.74) is 1.24. The van der Waals surface area contributed by atoms with Crippen molar-refractivity contribution in [2.75, 3.05) is 19.5 Å². The second-order valence-electron chi connectivity index (χ2n) is 5.24. The number of anilines is 1. The summed E-state index contributed by atoms with van der Waals surface area (Å²) in [7, 11) is 3.09. The van der Waals surface area contributed by atoms with Gasteiger partial charge >= 0.3 is 0 Å². The number of ether oxygens (including phenoxy) is 2. The van der Waals surface area contributed by atoms with E-state index in [-0.39, 0.29) is 12.5 Å². The molecule has 1 N–H and O–H groups in total. The molecule has 3 aromatic rings. The molecule has 0 aliphatic rings. The predicted octanol–water partition coefficient (Wildman–Crippen LogP) is 2.65. The van der Waals surface area contributed by atoms with Crippen LogP contribution in [0.5, 0.6) is 11.5 Å². The van der Waals surface area contributed by atoms with Gasteiger partial charge in [0.1, 0.15) is 18.0 Å². The van der Waals surface area contributed by atoms with Crippen LogP contribution in [0.4, 0.5) is 5.69 Å². The number of methoxy groups -OCH3 is 2. The number of amides is 1. The Morgan fingerprint density at radius 3 is 2.65 bits per heavy atom. The minimum atomic E-state index is -0.310. The van der Waals surface area contributed by atoms with Crippen molar-refractivity contribution in [2.24, 2.45) is 0 Å². The van der Waals surface area contributed by atoms with Crippen molar-refractivity contribution in [2.45, 2.75) is 6.54 Å². The molecule has 9 heteroatoms. The average molecular weight is 374 g/mol. The van der Waals surface area contributed by atoms with E-state index in [1.165, 1.54) is 11.9 Å². The molecule has 0 aliphatic heterocycles. The van der Waals surface area contributed by atoms with E-state index < -0.39 is 0 Å². The summed E-state index contributed by atoms with van der Waals surface area (Å²) in [4.78, 5) is 13.4. The zero-order valence-corrected chi connectivity index (χ0v) is 14.9. The van der Waals surface area contributed by atoms with Crippen molar-refractivity contribution in [3.63, 3.8) is 0 Å². The van der Waals surface area contributed by atoms with Gasteiger partial charge in [-0.2, -0.15) is 4.80 Å². The summed E-state index contributed by atoms with van der Waals surface area (Å²) >= 11 is 6.04. The zero-order chi connectivity index (χ0) is 18.5. The SMILES string of the molecule is COc1ccc(NC(=O)Cn2nnc(-c3ccccc3OC)n2)cc1Cl. The number of nitrogens with one attached hydrogen (secondary N) is 1. The van der Waals surface area contributed by atoms with Crippen molar-refractivity contribution in [1.82, 2.24) is 20.2 Å². The summed E-state index contributed by atoms with van der Waals surface area (Å²) in [5, 5.41) is 15.2. The van der Waals surface area contributed by atoms with Crippen molar-refractivity contribution in [3.8, 4) is 22.9 Å². The molecule has 134 valence electrons. The topological polar surface area (TPSA) is 91.2 Å². The third kappa shape index (κ3) is 3.92. The minimum Gasteiger partial charge on any atom is -0.496 e. The number of hydrogen-bond acceptors (Lipinski definition) is 6. The second kappa shape index (κ2) is 7.83. The van der Waals surface area contributed by atoms with Crippen LogP contribution >= 0.6 is 11.6 Å². The van der Waals surface area contributed by atoms with Gasteiger partial charge in [0.05, 0.1) is 24.8 Å². The van der Waals surface area contributed by atoms with E-state index in [0.717, 1.165) is 0 Å². The maximum absolute atomic E-state index is 12.2. The molecule has 1 heterocycles. The van der Waals surface area contributed by atoms with Gasteiger partial charge < -0.3 is 14.8 Å². The number of carbonyl (C=O) groups is 1. The molecular formula is C17H16ClN5O3. The number of tetrazole rings is 1. The Hall–Kier alpha value is -3.13. The lowest BCUT2D eigenvalue weighted by atomic mass is 10.2. The number of halogens is 1. The highest BCUT2D eigenvalue weighted by atomic mass is 35.5. The standard InChI is InChI=1S/C17H16ClN5O3/c1-25-14-6-4-3-5-12(14)17-20-22-23(21-17)10-16(24)19-11-7-8-15(26-2)13(18)9-11/h3-9H,10H2,1-2H3,(H,19,24). The van der Waals surface area contributed by atoms with E-state index in [0.29, 0.717) is 33.6 Å². The summed E-state index contributed by atoms with van der Waals surface area (Å²) in [6, 6.07) is 12.3. The van der Waals surface area contributed by atoms with Gasteiger partial charge in [0.25, 0.3) is 0 Å². The van der Waals surface area contributed by atoms with E-state index >= 15 is 0 Å². The maximum Gasteiger partial charge on any atom is 0.248 e. The fourth-order valence-corrected chi connectivity index (χ4v) is 2.58. The normalized spacial score (nSPS) is 10.4. The molecule has 0 fully saturated rings. The van der Waals surface area contributed by atoms with Crippen LogP contribution in [-0.4, -0.2) is 40.3 Å². The van der Waals surface area contributed by atoms with E-state index in [9.17, 15) is 4.79 Å². The smallest absolute Gasteiger partial charge is 0.248 e. The lowest BCUT2D eigenvalue weighted by Gasteiger charge is -2.07. The fraction of sp³-hybridized carbons (Fsp3) is 0.176. The molecule has 26 heavy (non-hydrogen) atoms. The fourth-order valence-electron chi connectivity index (χ4n) is 2.32. The lowest BCUT2D eigenvalue weighted by molar-refractivity contribution is -0.117. The molecule has 0 radical (unpaired) electrons. The summed E-state index contributed by atoms with van der Waals surface area (Å²) in [6.07, 6.45) is 0. The van der Waals surface area contributed by atoms with Crippen LogP contribution in [0.25, 0.3) is 11.4 Å². The second-order valence-corrected chi connectivity index (χ2v) is 5.65. The first kappa shape index (κ1) is 17.7. The first-order chi connectivity index (χ1) is 12.6. The molecular weight excluding hydrogens is 358 g/mol. The third-order valence-corrected chi connectivity index (χ3v) is 3.82. The molecule has 3 rings (SSSR count). The Morgan fingerprint density at radius 1 is 1.15 bits per heavy atom. The van der Waals surface area contributed by atoms with Crippen molar-refractivity contribution < 1.29 is 14.3 Å². The van der Waals surface area contributed by atoms with E-state index in [2.05, 4.69) is 20.7 Å². The molecule has 0 spiro atoms. The minimum absolute atomic E-state index is 0.0915. The van der Waals surface area contributed by atoms with Crippen LogP contribution in [0.1, 0.15) is 0 Å². The molecule has 0 aliphatic carbocycles. The van der Waals surface area contributed by atoms with Crippen LogP contribution in [0.15, 0.2) is 42.5 Å². The summed E-state index contributed by atoms with van der Waals surface area (Å²) in [5.74, 6) is 1.23. The van der Waals surface area contributed by atoms with Crippen LogP contribution < -0.4 is 14.8 Å². The van der Waals surface area contributed by atoms with Gasteiger partial charge in [0, 0.05) is 5.69 Å². The Bertz CT molecular complexity index is 928. The predicted molar refractivity (Wildman–Crippen MR) is 96.4 cm³/mol. The average Bonchev–Trinajstić information content (AvgIpc) is 3.10. The lowest BCUT2D eigenvalue weighted by Crippen LogP contribution is -2.20. The number of para-hydroxylation sites is 1. The molecule has 1 aromatic heterocycles. The number of rotatable bonds is 6. The van der Waals surface area contributed by atoms with Crippen LogP contribution in [0, 0.1) is 0 Å². The highest BCUT2D eigenvalue weighted by Crippen LogP contribution is 2.27. The Kier molecular flexibility index (Phi) is 5.33. The van der Waals surface area contributed by atoms with Crippen LogP contribution in [-0.2, 0) is 11.3 Å². The van der Waals surface area contributed by atoms with Gasteiger partial charge in [-0.1, -0.05) is 23.7 Å². The van der Waals surface area contributed by atoms with E-state index in [1.807, 2.05) is 18.2 Å². The van der Waals surface area contributed by atoms with Gasteiger partial charge in [0.2, 0.25) is 11.7 Å². The Labute approximate surface area is 154 Å². The Balaban J connectivity index is 1.69. The number of aromatic nitrogens is 4. The Morgan fingerprint density at radius 2 is 1.92 bits per heavy atom. The molecule has 0 saturated heterocycles.